The maximum atomic E-state index is 13.5. The van der Waals surface area contributed by atoms with Crippen LogP contribution in [0.4, 0.5) is 14.5 Å². The first-order valence-electron chi connectivity index (χ1n) is 8.03. The molecule has 138 valence electrons. The number of carbonyl (C=O) groups is 2. The van der Waals surface area contributed by atoms with Gasteiger partial charge in [-0.3, -0.25) is 9.59 Å². The topological polar surface area (TPSA) is 55.4 Å². The molecule has 3 rings (SSSR count). The highest BCUT2D eigenvalue weighted by atomic mass is 32.2. The molecule has 0 spiro atoms. The van der Waals surface area contributed by atoms with Crippen molar-refractivity contribution < 1.29 is 23.1 Å². The maximum Gasteiger partial charge on any atom is 0.316 e. The number of nitrogens with one attached hydrogen (secondary N) is 1. The number of hydrogen-bond donors (Lipinski definition) is 1. The van der Waals surface area contributed by atoms with Crippen LogP contribution in [0.1, 0.15) is 0 Å². The number of ether oxygens (including phenoxy) is 1. The zero-order chi connectivity index (χ0) is 19.2. The summed E-state index contributed by atoms with van der Waals surface area (Å²) in [7, 11) is 0. The molecule has 0 aliphatic rings. The van der Waals surface area contributed by atoms with Crippen LogP contribution in [-0.4, -0.2) is 24.2 Å². The van der Waals surface area contributed by atoms with E-state index in [2.05, 4.69) is 5.32 Å². The quantitative estimate of drug-likeness (QED) is 0.503. The van der Waals surface area contributed by atoms with Crippen molar-refractivity contribution in [3.8, 4) is 0 Å². The van der Waals surface area contributed by atoms with Gasteiger partial charge >= 0.3 is 5.97 Å². The summed E-state index contributed by atoms with van der Waals surface area (Å²) in [5.74, 6) is -2.88. The van der Waals surface area contributed by atoms with Gasteiger partial charge in [0.2, 0.25) is 0 Å². The Kier molecular flexibility index (Phi) is 6.03. The third kappa shape index (κ3) is 5.27. The van der Waals surface area contributed by atoms with Gasteiger partial charge in [-0.1, -0.05) is 30.3 Å². The molecule has 0 unspecified atom stereocenters. The number of thioether (sulfide) groups is 1. The van der Waals surface area contributed by atoms with Crippen LogP contribution in [0.25, 0.3) is 10.8 Å². The Morgan fingerprint density at radius 1 is 0.963 bits per heavy atom. The second kappa shape index (κ2) is 8.64. The Labute approximate surface area is 158 Å². The number of carbonyl (C=O) groups excluding carboxylic acids is 2. The molecule has 3 aromatic carbocycles. The third-order valence-corrected chi connectivity index (χ3v) is 4.61. The number of benzene rings is 3. The fraction of sp³-hybridized carbons (Fsp3) is 0.100. The van der Waals surface area contributed by atoms with Crippen molar-refractivity contribution in [1.82, 2.24) is 0 Å². The first-order valence-corrected chi connectivity index (χ1v) is 9.02. The second-order valence-corrected chi connectivity index (χ2v) is 6.68. The first-order chi connectivity index (χ1) is 13.0. The van der Waals surface area contributed by atoms with Crippen LogP contribution in [0.5, 0.6) is 0 Å². The summed E-state index contributed by atoms with van der Waals surface area (Å²) in [5.41, 5.74) is -0.178. The van der Waals surface area contributed by atoms with Crippen LogP contribution in [0.2, 0.25) is 0 Å². The largest absolute Gasteiger partial charge is 0.455 e. The predicted octanol–water partition coefficient (Wildman–Crippen LogP) is 4.39. The van der Waals surface area contributed by atoms with Crippen molar-refractivity contribution in [3.05, 3.63) is 72.3 Å². The molecular formula is C20H15F2NO3S. The number of amides is 1. The summed E-state index contributed by atoms with van der Waals surface area (Å²) >= 11 is 1.30. The lowest BCUT2D eigenvalue weighted by molar-refractivity contribution is -0.144. The molecule has 0 radical (unpaired) electrons. The van der Waals surface area contributed by atoms with Gasteiger partial charge in [-0.15, -0.1) is 11.8 Å². The molecule has 0 aromatic heterocycles. The van der Waals surface area contributed by atoms with E-state index in [9.17, 15) is 18.4 Å². The lowest BCUT2D eigenvalue weighted by Crippen LogP contribution is -2.22. The van der Waals surface area contributed by atoms with Gasteiger partial charge in [0.05, 0.1) is 11.4 Å². The highest BCUT2D eigenvalue weighted by molar-refractivity contribution is 8.00. The van der Waals surface area contributed by atoms with Crippen LogP contribution < -0.4 is 5.32 Å². The van der Waals surface area contributed by atoms with E-state index in [0.717, 1.165) is 27.8 Å². The number of anilines is 1. The van der Waals surface area contributed by atoms with Crippen molar-refractivity contribution >= 4 is 40.1 Å². The smallest absolute Gasteiger partial charge is 0.316 e. The molecule has 0 aliphatic carbocycles. The van der Waals surface area contributed by atoms with E-state index in [4.69, 9.17) is 4.74 Å². The van der Waals surface area contributed by atoms with Crippen LogP contribution in [-0.2, 0) is 14.3 Å². The average molecular weight is 387 g/mol. The first kappa shape index (κ1) is 18.8. The molecule has 0 bridgehead atoms. The molecule has 0 heterocycles. The Bertz CT molecular complexity index is 994. The SMILES string of the molecule is O=C(COC(=O)CSc1ccc2ccccc2c1)Nc1ccc(F)cc1F. The number of rotatable bonds is 6. The highest BCUT2D eigenvalue weighted by Gasteiger charge is 2.11. The Morgan fingerprint density at radius 3 is 2.52 bits per heavy atom. The number of halogens is 2. The molecule has 27 heavy (non-hydrogen) atoms. The molecule has 1 amide bonds. The van der Waals surface area contributed by atoms with Crippen LogP contribution in [0.3, 0.4) is 0 Å². The average Bonchev–Trinajstić information content (AvgIpc) is 2.67. The molecule has 0 saturated heterocycles. The fourth-order valence-electron chi connectivity index (χ4n) is 2.36. The Morgan fingerprint density at radius 2 is 1.74 bits per heavy atom. The summed E-state index contributed by atoms with van der Waals surface area (Å²) in [5, 5.41) is 4.39. The molecule has 0 fully saturated rings. The molecular weight excluding hydrogens is 372 g/mol. The molecule has 4 nitrogen and oxygen atoms in total. The number of hydrogen-bond acceptors (Lipinski definition) is 4. The van der Waals surface area contributed by atoms with Gasteiger partial charge in [0.15, 0.2) is 6.61 Å². The van der Waals surface area contributed by atoms with E-state index >= 15 is 0 Å². The summed E-state index contributed by atoms with van der Waals surface area (Å²) in [6, 6.07) is 16.5. The van der Waals surface area contributed by atoms with Crippen LogP contribution >= 0.6 is 11.8 Å². The van der Waals surface area contributed by atoms with Gasteiger partial charge in [-0.05, 0) is 35.0 Å². The maximum absolute atomic E-state index is 13.5. The van der Waals surface area contributed by atoms with Crippen molar-refractivity contribution in [2.45, 2.75) is 4.90 Å². The van der Waals surface area contributed by atoms with Gasteiger partial charge in [0.1, 0.15) is 11.6 Å². The van der Waals surface area contributed by atoms with Crippen LogP contribution in [0.15, 0.2) is 65.6 Å². The Balaban J connectivity index is 1.46. The van der Waals surface area contributed by atoms with Gasteiger partial charge in [-0.2, -0.15) is 0 Å². The minimum absolute atomic E-state index is 0.0382. The van der Waals surface area contributed by atoms with Gasteiger partial charge in [-0.25, -0.2) is 8.78 Å². The standard InChI is InChI=1S/C20H15F2NO3S/c21-15-6-8-18(17(22)10-15)23-19(24)11-26-20(25)12-27-16-7-5-13-3-1-2-4-14(13)9-16/h1-10H,11-12H2,(H,23,24). The van der Waals surface area contributed by atoms with Gasteiger partial charge in [0, 0.05) is 11.0 Å². The van der Waals surface area contributed by atoms with E-state index < -0.39 is 30.1 Å². The van der Waals surface area contributed by atoms with E-state index in [1.807, 2.05) is 42.5 Å². The molecule has 3 aromatic rings. The van der Waals surface area contributed by atoms with E-state index in [-0.39, 0.29) is 11.4 Å². The number of fused-ring (bicyclic) bond motifs is 1. The summed E-state index contributed by atoms with van der Waals surface area (Å²) in [4.78, 5) is 24.4. The van der Waals surface area contributed by atoms with Gasteiger partial charge < -0.3 is 10.1 Å². The minimum atomic E-state index is -0.901. The normalized spacial score (nSPS) is 10.6. The van der Waals surface area contributed by atoms with Gasteiger partial charge in [0.25, 0.3) is 5.91 Å². The van der Waals surface area contributed by atoms with Crippen LogP contribution in [0, 0.1) is 11.6 Å². The summed E-state index contributed by atoms with van der Waals surface area (Å²) in [6.07, 6.45) is 0. The fourth-order valence-corrected chi connectivity index (χ4v) is 3.11. The Hall–Kier alpha value is -2.93. The van der Waals surface area contributed by atoms with E-state index in [1.165, 1.54) is 11.8 Å². The highest BCUT2D eigenvalue weighted by Crippen LogP contribution is 2.23. The molecule has 0 atom stereocenters. The zero-order valence-corrected chi connectivity index (χ0v) is 14.9. The predicted molar refractivity (Wildman–Crippen MR) is 101 cm³/mol. The van der Waals surface area contributed by atoms with Crippen molar-refractivity contribution in [2.75, 3.05) is 17.7 Å². The summed E-state index contributed by atoms with van der Waals surface area (Å²) < 4.78 is 31.2. The molecule has 7 heteroatoms. The monoisotopic (exact) mass is 387 g/mol. The van der Waals surface area contributed by atoms with Crippen molar-refractivity contribution in [3.63, 3.8) is 0 Å². The zero-order valence-electron chi connectivity index (χ0n) is 14.1. The molecule has 1 N–H and O–H groups in total. The lowest BCUT2D eigenvalue weighted by Gasteiger charge is -2.08. The molecule has 0 saturated carbocycles. The van der Waals surface area contributed by atoms with E-state index in [1.54, 1.807) is 0 Å². The van der Waals surface area contributed by atoms with Crippen molar-refractivity contribution in [1.29, 1.82) is 0 Å². The lowest BCUT2D eigenvalue weighted by atomic mass is 10.1. The summed E-state index contributed by atoms with van der Waals surface area (Å²) in [6.45, 7) is -0.548. The molecule has 0 aliphatic heterocycles. The number of esters is 1. The van der Waals surface area contributed by atoms with E-state index in [0.29, 0.717) is 6.07 Å². The van der Waals surface area contributed by atoms with Crippen molar-refractivity contribution in [2.24, 2.45) is 0 Å². The minimum Gasteiger partial charge on any atom is -0.455 e. The third-order valence-electron chi connectivity index (χ3n) is 3.65. The second-order valence-electron chi connectivity index (χ2n) is 5.63.